The lowest BCUT2D eigenvalue weighted by atomic mass is 10.0. The van der Waals surface area contributed by atoms with Crippen LogP contribution in [0.4, 0.5) is 10.7 Å². The molecule has 1 aliphatic heterocycles. The molecule has 262 valence electrons. The molecule has 3 N–H and O–H groups in total. The third kappa shape index (κ3) is 8.73. The number of nitriles is 1. The largest absolute Gasteiger partial charge is 0.321 e. The molecule has 3 amide bonds. The fraction of sp³-hybridized carbons (Fsp3) is 0.116. The fourth-order valence-electron chi connectivity index (χ4n) is 6.29. The molecule has 8 nitrogen and oxygen atoms in total. The first-order valence-electron chi connectivity index (χ1n) is 17.1. The number of hydrogen-bond acceptors (Lipinski definition) is 7. The van der Waals surface area contributed by atoms with Crippen LogP contribution < -0.4 is 16.0 Å². The summed E-state index contributed by atoms with van der Waals surface area (Å²) in [5.74, 6) is -0.998. The van der Waals surface area contributed by atoms with Crippen molar-refractivity contribution in [1.29, 1.82) is 5.26 Å². The van der Waals surface area contributed by atoms with Crippen molar-refractivity contribution >= 4 is 68.4 Å². The predicted molar refractivity (Wildman–Crippen MR) is 214 cm³/mol. The number of carbonyl (C=O) groups excluding carboxylic acids is 3. The van der Waals surface area contributed by atoms with Crippen LogP contribution in [0.15, 0.2) is 138 Å². The van der Waals surface area contributed by atoms with Crippen LogP contribution in [-0.4, -0.2) is 34.9 Å². The second kappa shape index (κ2) is 16.6. The Bertz CT molecular complexity index is 2360. The van der Waals surface area contributed by atoms with Crippen molar-refractivity contribution in [1.82, 2.24) is 10.2 Å². The molecule has 1 aliphatic rings. The van der Waals surface area contributed by atoms with Gasteiger partial charge in [-0.05, 0) is 70.3 Å². The van der Waals surface area contributed by atoms with E-state index in [9.17, 15) is 19.6 Å². The summed E-state index contributed by atoms with van der Waals surface area (Å²) in [5, 5.41) is 21.3. The van der Waals surface area contributed by atoms with Crippen LogP contribution in [0.3, 0.4) is 0 Å². The maximum Gasteiger partial charge on any atom is 0.272 e. The zero-order valence-electron chi connectivity index (χ0n) is 28.7. The van der Waals surface area contributed by atoms with Crippen molar-refractivity contribution in [2.45, 2.75) is 24.4 Å². The third-order valence-electron chi connectivity index (χ3n) is 8.86. The van der Waals surface area contributed by atoms with Crippen LogP contribution in [-0.2, 0) is 29.1 Å². The highest BCUT2D eigenvalue weighted by molar-refractivity contribution is 8.00. The average Bonchev–Trinajstić information content (AvgIpc) is 3.53. The smallest absolute Gasteiger partial charge is 0.272 e. The number of thiophene rings is 1. The molecule has 7 rings (SSSR count). The molecule has 53 heavy (non-hydrogen) atoms. The van der Waals surface area contributed by atoms with Gasteiger partial charge in [0.1, 0.15) is 16.8 Å². The monoisotopic (exact) mass is 733 g/mol. The molecule has 0 unspecified atom stereocenters. The number of fused-ring (bicyclic) bond motifs is 2. The summed E-state index contributed by atoms with van der Waals surface area (Å²) in [6.45, 7) is 2.42. The van der Waals surface area contributed by atoms with Gasteiger partial charge < -0.3 is 16.0 Å². The first-order chi connectivity index (χ1) is 25.9. The van der Waals surface area contributed by atoms with Crippen molar-refractivity contribution in [3.63, 3.8) is 0 Å². The van der Waals surface area contributed by atoms with E-state index in [-0.39, 0.29) is 17.4 Å². The Hall–Kier alpha value is -5.99. The summed E-state index contributed by atoms with van der Waals surface area (Å²) >= 11 is 2.80. The van der Waals surface area contributed by atoms with E-state index < -0.39 is 11.8 Å². The Balaban J connectivity index is 1.02. The van der Waals surface area contributed by atoms with Gasteiger partial charge in [-0.3, -0.25) is 19.3 Å². The van der Waals surface area contributed by atoms with E-state index in [4.69, 9.17) is 0 Å². The molecular formula is C43H35N5O3S2. The molecule has 10 heteroatoms. The lowest BCUT2D eigenvalue weighted by Gasteiger charge is -2.26. The number of benzene rings is 5. The van der Waals surface area contributed by atoms with Gasteiger partial charge in [-0.15, -0.1) is 23.1 Å². The van der Waals surface area contributed by atoms with Crippen LogP contribution in [0.2, 0.25) is 0 Å². The number of hydrogen-bond donors (Lipinski definition) is 3. The quantitative estimate of drug-likeness (QED) is 0.0910. The van der Waals surface area contributed by atoms with Crippen molar-refractivity contribution < 1.29 is 14.4 Å². The van der Waals surface area contributed by atoms with Crippen molar-refractivity contribution in [3.8, 4) is 6.07 Å². The Morgan fingerprint density at radius 2 is 1.58 bits per heavy atom. The zero-order valence-corrected chi connectivity index (χ0v) is 30.3. The second-order valence-electron chi connectivity index (χ2n) is 12.5. The van der Waals surface area contributed by atoms with E-state index in [0.29, 0.717) is 21.8 Å². The normalized spacial score (nSPS) is 12.8. The Labute approximate surface area is 316 Å². The van der Waals surface area contributed by atoms with Crippen LogP contribution in [0.1, 0.15) is 37.5 Å². The van der Waals surface area contributed by atoms with Crippen LogP contribution in [0, 0.1) is 11.3 Å². The molecule has 0 spiro atoms. The SMILES string of the molecule is N#Cc1c(NC(=O)CSc2cccc(NC(=O)/C(=C\c3cccc4ccccc34)NC(=O)c3ccccc3)c2)sc2c1CCN(Cc1ccccc1)C2. The minimum absolute atomic E-state index is 0.0859. The number of carbonyl (C=O) groups is 3. The number of anilines is 2. The Kier molecular flexibility index (Phi) is 11.1. The summed E-state index contributed by atoms with van der Waals surface area (Å²) in [5.41, 5.74) is 4.64. The van der Waals surface area contributed by atoms with E-state index in [1.165, 1.54) is 28.7 Å². The molecule has 1 aromatic heterocycles. The maximum absolute atomic E-state index is 13.8. The molecule has 0 radical (unpaired) electrons. The molecule has 0 saturated carbocycles. The highest BCUT2D eigenvalue weighted by atomic mass is 32.2. The van der Waals surface area contributed by atoms with Gasteiger partial charge in [-0.25, -0.2) is 0 Å². The van der Waals surface area contributed by atoms with Crippen molar-refractivity contribution in [3.05, 3.63) is 166 Å². The molecule has 0 fully saturated rings. The van der Waals surface area contributed by atoms with Gasteiger partial charge in [0.2, 0.25) is 5.91 Å². The highest BCUT2D eigenvalue weighted by Gasteiger charge is 2.25. The summed E-state index contributed by atoms with van der Waals surface area (Å²) < 4.78 is 0. The fourth-order valence-corrected chi connectivity index (χ4v) is 8.30. The third-order valence-corrected chi connectivity index (χ3v) is 11.0. The minimum atomic E-state index is -0.491. The van der Waals surface area contributed by atoms with Crippen molar-refractivity contribution in [2.24, 2.45) is 0 Å². The first kappa shape index (κ1) is 35.4. The van der Waals surface area contributed by atoms with E-state index in [1.807, 2.05) is 72.8 Å². The number of amides is 3. The molecule has 6 aromatic rings. The summed E-state index contributed by atoms with van der Waals surface area (Å²) in [6, 6.07) is 42.3. The van der Waals surface area contributed by atoms with Crippen LogP contribution in [0.25, 0.3) is 16.8 Å². The topological polar surface area (TPSA) is 114 Å². The Morgan fingerprint density at radius 3 is 2.40 bits per heavy atom. The maximum atomic E-state index is 13.8. The number of nitrogens with zero attached hydrogens (tertiary/aromatic N) is 2. The molecule has 0 bridgehead atoms. The first-order valence-corrected chi connectivity index (χ1v) is 18.9. The number of rotatable bonds is 11. The molecule has 0 atom stereocenters. The molecule has 2 heterocycles. The molecule has 5 aromatic carbocycles. The van der Waals surface area contributed by atoms with Gasteiger partial charge in [0.25, 0.3) is 11.8 Å². The second-order valence-corrected chi connectivity index (χ2v) is 14.7. The van der Waals surface area contributed by atoms with E-state index in [1.54, 1.807) is 48.5 Å². The standard InChI is InChI=1S/C43H35N5O3S2/c44-25-37-36-21-22-48(26-29-11-3-1-4-12-29)27-39(36)53-43(37)47-40(49)28-52-34-19-10-18-33(24-34)45-42(51)38(46-41(50)31-14-5-2-6-15-31)23-32-17-9-16-30-13-7-8-20-35(30)32/h1-20,23-24H,21-22,26-28H2,(H,45,51)(H,46,50)(H,47,49)/b38-23+. The number of thioether (sulfide) groups is 1. The molecule has 0 saturated heterocycles. The lowest BCUT2D eigenvalue weighted by molar-refractivity contribution is -0.114. The van der Waals surface area contributed by atoms with Gasteiger partial charge in [-0.2, -0.15) is 5.26 Å². The highest BCUT2D eigenvalue weighted by Crippen LogP contribution is 2.37. The van der Waals surface area contributed by atoms with Crippen molar-refractivity contribution in [2.75, 3.05) is 22.9 Å². The van der Waals surface area contributed by atoms with Gasteiger partial charge in [0, 0.05) is 40.7 Å². The van der Waals surface area contributed by atoms with Crippen LogP contribution in [0.5, 0.6) is 0 Å². The van der Waals surface area contributed by atoms with Gasteiger partial charge >= 0.3 is 0 Å². The predicted octanol–water partition coefficient (Wildman–Crippen LogP) is 8.47. The van der Waals surface area contributed by atoms with Gasteiger partial charge in [-0.1, -0.05) is 97.1 Å². The Morgan fingerprint density at radius 1 is 0.849 bits per heavy atom. The van der Waals surface area contributed by atoms with E-state index >= 15 is 0 Å². The van der Waals surface area contributed by atoms with Gasteiger partial charge in [0.15, 0.2) is 0 Å². The summed E-state index contributed by atoms with van der Waals surface area (Å²) in [6.07, 6.45) is 2.44. The number of nitrogens with one attached hydrogen (secondary N) is 3. The molecular weight excluding hydrogens is 699 g/mol. The minimum Gasteiger partial charge on any atom is -0.321 e. The van der Waals surface area contributed by atoms with Gasteiger partial charge in [0.05, 0.1) is 11.3 Å². The van der Waals surface area contributed by atoms with E-state index in [2.05, 4.69) is 39.1 Å². The lowest BCUT2D eigenvalue weighted by Crippen LogP contribution is -2.30. The average molecular weight is 734 g/mol. The van der Waals surface area contributed by atoms with Crippen LogP contribution >= 0.6 is 23.1 Å². The zero-order chi connectivity index (χ0) is 36.6. The summed E-state index contributed by atoms with van der Waals surface area (Å²) in [7, 11) is 0. The summed E-state index contributed by atoms with van der Waals surface area (Å²) in [4.78, 5) is 44.3. The molecule has 0 aliphatic carbocycles. The van der Waals surface area contributed by atoms with E-state index in [0.717, 1.165) is 57.7 Å².